The predicted molar refractivity (Wildman–Crippen MR) is 126 cm³/mol. The van der Waals surface area contributed by atoms with Crippen LogP contribution in [0.2, 0.25) is 0 Å². The summed E-state index contributed by atoms with van der Waals surface area (Å²) in [6.07, 6.45) is 2.81. The number of thiophene rings is 1. The van der Waals surface area contributed by atoms with E-state index in [0.29, 0.717) is 16.3 Å². The molecule has 2 aromatic rings. The van der Waals surface area contributed by atoms with Crippen LogP contribution >= 0.6 is 11.3 Å². The van der Waals surface area contributed by atoms with Crippen molar-refractivity contribution < 1.29 is 19.1 Å². The van der Waals surface area contributed by atoms with Gasteiger partial charge in [-0.3, -0.25) is 4.79 Å². The Morgan fingerprint density at radius 3 is 2.39 bits per heavy atom. The van der Waals surface area contributed by atoms with Gasteiger partial charge in [0.25, 0.3) is 5.91 Å². The molecule has 6 heteroatoms. The van der Waals surface area contributed by atoms with E-state index in [0.717, 1.165) is 35.3 Å². The van der Waals surface area contributed by atoms with Crippen LogP contribution in [0.1, 0.15) is 79.9 Å². The summed E-state index contributed by atoms with van der Waals surface area (Å²) in [6.45, 7) is 12.8. The summed E-state index contributed by atoms with van der Waals surface area (Å²) in [7, 11) is 1.37. The molecule has 0 saturated carbocycles. The Bertz CT molecular complexity index is 992. The number of hydrogen-bond acceptors (Lipinski definition) is 5. The highest BCUT2D eigenvalue weighted by Gasteiger charge is 2.28. The van der Waals surface area contributed by atoms with E-state index in [1.54, 1.807) is 0 Å². The second kappa shape index (κ2) is 8.65. The first kappa shape index (κ1) is 23.3. The maximum atomic E-state index is 12.7. The smallest absolute Gasteiger partial charge is 0.341 e. The Morgan fingerprint density at radius 2 is 1.77 bits per heavy atom. The maximum Gasteiger partial charge on any atom is 0.341 e. The number of esters is 1. The SMILES string of the molecule is COC(=O)c1c(NC(=O)COc2ccc(C(C)(C)C)cc2C(C)(C)C)sc2c1CCC2. The van der Waals surface area contributed by atoms with E-state index < -0.39 is 5.97 Å². The predicted octanol–water partition coefficient (Wildman–Crippen LogP) is 5.64. The largest absolute Gasteiger partial charge is 0.483 e. The van der Waals surface area contributed by atoms with Crippen molar-refractivity contribution in [3.8, 4) is 5.75 Å². The van der Waals surface area contributed by atoms with Crippen LogP contribution in [0.5, 0.6) is 5.75 Å². The number of aryl methyl sites for hydroxylation is 1. The average molecular weight is 444 g/mol. The third-order valence-electron chi connectivity index (χ3n) is 5.58. The van der Waals surface area contributed by atoms with E-state index >= 15 is 0 Å². The lowest BCUT2D eigenvalue weighted by molar-refractivity contribution is -0.118. The molecule has 0 radical (unpaired) electrons. The number of nitrogens with one attached hydrogen (secondary N) is 1. The van der Waals surface area contributed by atoms with Gasteiger partial charge < -0.3 is 14.8 Å². The van der Waals surface area contributed by atoms with Crippen LogP contribution in [0.25, 0.3) is 0 Å². The van der Waals surface area contributed by atoms with Crippen molar-refractivity contribution in [2.45, 2.75) is 71.6 Å². The first-order chi connectivity index (χ1) is 14.4. The standard InChI is InChI=1S/C25H33NO4S/c1-24(2,3)15-11-12-18(17(13-15)25(4,5)6)30-14-20(27)26-22-21(23(28)29-7)16-9-8-10-19(16)31-22/h11-13H,8-10,14H2,1-7H3,(H,26,27). The summed E-state index contributed by atoms with van der Waals surface area (Å²) in [5, 5.41) is 3.43. The Balaban J connectivity index is 1.77. The molecule has 0 saturated heterocycles. The van der Waals surface area contributed by atoms with Crippen molar-refractivity contribution in [3.05, 3.63) is 45.3 Å². The van der Waals surface area contributed by atoms with Gasteiger partial charge in [0, 0.05) is 4.88 Å². The molecular formula is C25H33NO4S. The van der Waals surface area contributed by atoms with Gasteiger partial charge in [-0.1, -0.05) is 53.7 Å². The monoisotopic (exact) mass is 443 g/mol. The van der Waals surface area contributed by atoms with Crippen LogP contribution in [0.4, 0.5) is 5.00 Å². The molecule has 1 aliphatic carbocycles. The van der Waals surface area contributed by atoms with Gasteiger partial charge in [-0.15, -0.1) is 11.3 Å². The molecule has 0 spiro atoms. The molecule has 0 unspecified atom stereocenters. The molecule has 1 aromatic heterocycles. The molecule has 1 amide bonds. The van der Waals surface area contributed by atoms with E-state index in [1.807, 2.05) is 6.07 Å². The molecule has 0 aliphatic heterocycles. The van der Waals surface area contributed by atoms with E-state index in [1.165, 1.54) is 24.0 Å². The highest BCUT2D eigenvalue weighted by molar-refractivity contribution is 7.17. The number of ether oxygens (including phenoxy) is 2. The lowest BCUT2D eigenvalue weighted by Crippen LogP contribution is -2.23. The zero-order valence-corrected chi connectivity index (χ0v) is 20.4. The van der Waals surface area contributed by atoms with Crippen molar-refractivity contribution in [1.29, 1.82) is 0 Å². The molecule has 31 heavy (non-hydrogen) atoms. The Kier molecular flexibility index (Phi) is 6.51. The molecule has 168 valence electrons. The number of carbonyl (C=O) groups excluding carboxylic acids is 2. The quantitative estimate of drug-likeness (QED) is 0.608. The zero-order chi connectivity index (χ0) is 23.0. The number of rotatable bonds is 5. The van der Waals surface area contributed by atoms with Gasteiger partial charge in [-0.2, -0.15) is 0 Å². The number of amides is 1. The van der Waals surface area contributed by atoms with E-state index in [2.05, 4.69) is 59.0 Å². The van der Waals surface area contributed by atoms with Crippen LogP contribution in [0.15, 0.2) is 18.2 Å². The minimum absolute atomic E-state index is 0.0275. The third-order valence-corrected chi connectivity index (χ3v) is 6.78. The number of fused-ring (bicyclic) bond motifs is 1. The normalized spacial score (nSPS) is 13.6. The number of methoxy groups -OCH3 is 1. The molecule has 0 atom stereocenters. The Labute approximate surface area is 189 Å². The molecule has 1 aliphatic rings. The minimum Gasteiger partial charge on any atom is -0.483 e. The highest BCUT2D eigenvalue weighted by atomic mass is 32.1. The Hall–Kier alpha value is -2.34. The van der Waals surface area contributed by atoms with Crippen LogP contribution in [-0.4, -0.2) is 25.6 Å². The molecule has 0 fully saturated rings. The third kappa shape index (κ3) is 5.12. The number of hydrogen-bond donors (Lipinski definition) is 1. The summed E-state index contributed by atoms with van der Waals surface area (Å²) >= 11 is 1.47. The van der Waals surface area contributed by atoms with Crippen molar-refractivity contribution in [3.63, 3.8) is 0 Å². The lowest BCUT2D eigenvalue weighted by atomic mass is 9.80. The summed E-state index contributed by atoms with van der Waals surface area (Å²) in [5.74, 6) is 0.0192. The maximum absolute atomic E-state index is 12.7. The van der Waals surface area contributed by atoms with Gasteiger partial charge in [0.15, 0.2) is 6.61 Å². The topological polar surface area (TPSA) is 64.6 Å². The second-order valence-corrected chi connectivity index (χ2v) is 11.2. The van der Waals surface area contributed by atoms with Gasteiger partial charge in [0.1, 0.15) is 10.8 Å². The highest BCUT2D eigenvalue weighted by Crippen LogP contribution is 2.40. The molecule has 1 aromatic carbocycles. The summed E-state index contributed by atoms with van der Waals surface area (Å²) in [6, 6.07) is 6.18. The Morgan fingerprint density at radius 1 is 1.06 bits per heavy atom. The van der Waals surface area contributed by atoms with Gasteiger partial charge in [-0.25, -0.2) is 4.79 Å². The summed E-state index contributed by atoms with van der Waals surface area (Å²) in [4.78, 5) is 26.1. The fraction of sp³-hybridized carbons (Fsp3) is 0.520. The van der Waals surface area contributed by atoms with E-state index in [4.69, 9.17) is 9.47 Å². The lowest BCUT2D eigenvalue weighted by Gasteiger charge is -2.27. The van der Waals surface area contributed by atoms with Crippen molar-refractivity contribution in [2.24, 2.45) is 0 Å². The second-order valence-electron chi connectivity index (χ2n) is 10.1. The number of anilines is 1. The van der Waals surface area contributed by atoms with Crippen LogP contribution in [0, 0.1) is 0 Å². The molecule has 0 bridgehead atoms. The molecule has 1 N–H and O–H groups in total. The van der Waals surface area contributed by atoms with Gasteiger partial charge in [-0.05, 0) is 52.8 Å². The van der Waals surface area contributed by atoms with Gasteiger partial charge in [0.2, 0.25) is 0 Å². The molecular weight excluding hydrogens is 410 g/mol. The van der Waals surface area contributed by atoms with Crippen molar-refractivity contribution in [2.75, 3.05) is 19.0 Å². The average Bonchev–Trinajstić information content (AvgIpc) is 3.24. The fourth-order valence-corrected chi connectivity index (χ4v) is 5.12. The van der Waals surface area contributed by atoms with Crippen molar-refractivity contribution >= 4 is 28.2 Å². The van der Waals surface area contributed by atoms with Crippen LogP contribution in [-0.2, 0) is 33.2 Å². The van der Waals surface area contributed by atoms with Crippen LogP contribution < -0.4 is 10.1 Å². The van der Waals surface area contributed by atoms with E-state index in [-0.39, 0.29) is 23.3 Å². The van der Waals surface area contributed by atoms with E-state index in [9.17, 15) is 9.59 Å². The molecule has 3 rings (SSSR count). The van der Waals surface area contributed by atoms with Crippen LogP contribution in [0.3, 0.4) is 0 Å². The molecule has 5 nitrogen and oxygen atoms in total. The van der Waals surface area contributed by atoms with Crippen molar-refractivity contribution in [1.82, 2.24) is 0 Å². The minimum atomic E-state index is -0.400. The number of carbonyl (C=O) groups is 2. The summed E-state index contributed by atoms with van der Waals surface area (Å²) < 4.78 is 10.9. The first-order valence-electron chi connectivity index (χ1n) is 10.7. The fourth-order valence-electron chi connectivity index (χ4n) is 3.82. The van der Waals surface area contributed by atoms with Gasteiger partial charge in [0.05, 0.1) is 12.7 Å². The van der Waals surface area contributed by atoms with Gasteiger partial charge >= 0.3 is 5.97 Å². The first-order valence-corrected chi connectivity index (χ1v) is 11.5. The summed E-state index contributed by atoms with van der Waals surface area (Å²) in [5.41, 5.74) is 3.71. The number of benzene rings is 1. The zero-order valence-electron chi connectivity index (χ0n) is 19.6. The molecule has 1 heterocycles.